The summed E-state index contributed by atoms with van der Waals surface area (Å²) in [4.78, 5) is 21.0. The highest BCUT2D eigenvalue weighted by Gasteiger charge is 2.58. The normalized spacial score (nSPS) is 38.1. The van der Waals surface area contributed by atoms with Crippen LogP contribution in [0.15, 0.2) is 0 Å². The molecule has 0 aromatic rings. The van der Waals surface area contributed by atoms with Crippen LogP contribution in [0.4, 0.5) is 0 Å². The van der Waals surface area contributed by atoms with Crippen LogP contribution in [-0.2, 0) is 19.1 Å². The largest absolute Gasteiger partial charge is 0.381 e. The van der Waals surface area contributed by atoms with Gasteiger partial charge in [-0.05, 0) is 19.3 Å². The van der Waals surface area contributed by atoms with Gasteiger partial charge in [0.2, 0.25) is 0 Å². The zero-order chi connectivity index (χ0) is 14.3. The highest BCUT2D eigenvalue weighted by Crippen LogP contribution is 2.44. The zero-order valence-corrected chi connectivity index (χ0v) is 12.5. The molecule has 21 heavy (non-hydrogen) atoms. The van der Waals surface area contributed by atoms with E-state index >= 15 is 0 Å². The predicted octanol–water partition coefficient (Wildman–Crippen LogP) is 0.278. The molecule has 4 heterocycles. The second-order valence-electron chi connectivity index (χ2n) is 6.74. The molecular formula is C15H24N2O4. The fourth-order valence-corrected chi connectivity index (χ4v) is 4.26. The molecule has 4 aliphatic heterocycles. The molecule has 0 spiro atoms. The Hall–Kier alpha value is -0.690. The Morgan fingerprint density at radius 3 is 2.76 bits per heavy atom. The fraction of sp³-hybridized carbons (Fsp3) is 0.933. The number of rotatable bonds is 2. The van der Waals surface area contributed by atoms with Gasteiger partial charge in [-0.15, -0.1) is 0 Å². The van der Waals surface area contributed by atoms with Crippen molar-refractivity contribution < 1.29 is 19.1 Å². The summed E-state index contributed by atoms with van der Waals surface area (Å²) in [7, 11) is 0. The molecule has 4 rings (SSSR count). The van der Waals surface area contributed by atoms with Crippen molar-refractivity contribution in [3.05, 3.63) is 0 Å². The molecule has 0 unspecified atom stereocenters. The van der Waals surface area contributed by atoms with Gasteiger partial charge < -0.3 is 9.47 Å². The van der Waals surface area contributed by atoms with Crippen LogP contribution in [0.25, 0.3) is 0 Å². The Bertz CT molecular complexity index is 406. The molecule has 0 aromatic carbocycles. The number of carbonyl (C=O) groups is 1. The van der Waals surface area contributed by atoms with Crippen molar-refractivity contribution >= 4 is 5.91 Å². The fourth-order valence-electron chi connectivity index (χ4n) is 4.26. The van der Waals surface area contributed by atoms with Crippen LogP contribution < -0.4 is 0 Å². The van der Waals surface area contributed by atoms with Crippen molar-refractivity contribution in [2.45, 2.75) is 25.3 Å². The molecule has 0 N–H and O–H groups in total. The minimum absolute atomic E-state index is 0.150. The summed E-state index contributed by atoms with van der Waals surface area (Å²) in [5.74, 6) is 0.467. The lowest BCUT2D eigenvalue weighted by Gasteiger charge is -2.33. The predicted molar refractivity (Wildman–Crippen MR) is 74.4 cm³/mol. The number of hydrogen-bond acceptors (Lipinski definition) is 5. The van der Waals surface area contributed by atoms with Gasteiger partial charge in [0, 0.05) is 38.3 Å². The molecule has 0 bridgehead atoms. The number of hydrogen-bond donors (Lipinski definition) is 0. The average Bonchev–Trinajstić information content (AvgIpc) is 3.23. The van der Waals surface area contributed by atoms with Gasteiger partial charge in [-0.1, -0.05) is 0 Å². The molecule has 0 radical (unpaired) electrons. The first kappa shape index (κ1) is 13.9. The van der Waals surface area contributed by atoms with Crippen molar-refractivity contribution in [1.29, 1.82) is 0 Å². The van der Waals surface area contributed by atoms with E-state index in [-0.39, 0.29) is 11.3 Å². The van der Waals surface area contributed by atoms with E-state index in [9.17, 15) is 4.79 Å². The average molecular weight is 296 g/mol. The first-order valence-electron chi connectivity index (χ1n) is 8.14. The van der Waals surface area contributed by atoms with Crippen LogP contribution in [0, 0.1) is 11.3 Å². The molecule has 4 fully saturated rings. The molecule has 6 nitrogen and oxygen atoms in total. The summed E-state index contributed by atoms with van der Waals surface area (Å²) in [5, 5.41) is 1.59. The molecule has 0 saturated carbocycles. The third-order valence-corrected chi connectivity index (χ3v) is 5.51. The van der Waals surface area contributed by atoms with Gasteiger partial charge in [0.15, 0.2) is 0 Å². The molecule has 0 aliphatic carbocycles. The van der Waals surface area contributed by atoms with Gasteiger partial charge in [0.05, 0.1) is 31.8 Å². The van der Waals surface area contributed by atoms with E-state index in [0.717, 1.165) is 52.1 Å². The molecule has 4 aliphatic rings. The molecule has 118 valence electrons. The van der Waals surface area contributed by atoms with Crippen molar-refractivity contribution in [3.8, 4) is 0 Å². The van der Waals surface area contributed by atoms with E-state index in [4.69, 9.17) is 14.3 Å². The van der Waals surface area contributed by atoms with Gasteiger partial charge in [0.1, 0.15) is 0 Å². The number of fused-ring (bicyclic) bond motifs is 1. The van der Waals surface area contributed by atoms with Crippen molar-refractivity contribution in [3.63, 3.8) is 0 Å². The van der Waals surface area contributed by atoms with Crippen molar-refractivity contribution in [2.24, 2.45) is 11.3 Å². The molecule has 0 aromatic heterocycles. The molecule has 6 heteroatoms. The van der Waals surface area contributed by atoms with Crippen LogP contribution in [0.5, 0.6) is 0 Å². The number of ether oxygens (including phenoxy) is 2. The third-order valence-electron chi connectivity index (χ3n) is 5.51. The number of hydroxylamine groups is 2. The highest BCUT2D eigenvalue weighted by atomic mass is 16.7. The summed E-state index contributed by atoms with van der Waals surface area (Å²) in [5.41, 5.74) is -0.372. The van der Waals surface area contributed by atoms with E-state index < -0.39 is 0 Å². The number of amides is 1. The summed E-state index contributed by atoms with van der Waals surface area (Å²) in [6, 6.07) is 0.563. The minimum atomic E-state index is -0.372. The Morgan fingerprint density at radius 1 is 1.14 bits per heavy atom. The molecular weight excluding hydrogens is 272 g/mol. The van der Waals surface area contributed by atoms with Crippen LogP contribution >= 0.6 is 0 Å². The molecule has 4 saturated heterocycles. The van der Waals surface area contributed by atoms with Crippen LogP contribution in [0.3, 0.4) is 0 Å². The van der Waals surface area contributed by atoms with E-state index in [0.29, 0.717) is 31.8 Å². The van der Waals surface area contributed by atoms with Gasteiger partial charge in [-0.25, -0.2) is 5.06 Å². The quantitative estimate of drug-likeness (QED) is 0.732. The van der Waals surface area contributed by atoms with E-state index in [1.165, 1.54) is 0 Å². The lowest BCUT2D eigenvalue weighted by Crippen LogP contribution is -2.48. The van der Waals surface area contributed by atoms with Gasteiger partial charge >= 0.3 is 0 Å². The van der Waals surface area contributed by atoms with Crippen LogP contribution in [0.1, 0.15) is 19.3 Å². The minimum Gasteiger partial charge on any atom is -0.381 e. The van der Waals surface area contributed by atoms with Crippen LogP contribution in [0.2, 0.25) is 0 Å². The number of nitrogens with zero attached hydrogens (tertiary/aromatic N) is 2. The van der Waals surface area contributed by atoms with Gasteiger partial charge in [0.25, 0.3) is 5.91 Å². The first-order chi connectivity index (χ1) is 10.3. The summed E-state index contributed by atoms with van der Waals surface area (Å²) < 4.78 is 11.1. The van der Waals surface area contributed by atoms with E-state index in [1.807, 2.05) is 0 Å². The summed E-state index contributed by atoms with van der Waals surface area (Å²) >= 11 is 0. The maximum absolute atomic E-state index is 12.9. The summed E-state index contributed by atoms with van der Waals surface area (Å²) in [6.07, 6.45) is 3.10. The standard InChI is InChI=1S/C15H24N2O4/c18-14(17-4-1-5-21-17)15-10-16(8-12(15)9-20-11-15)13-2-6-19-7-3-13/h12-13H,1-11H2/t12-,15-/m1/s1. The Morgan fingerprint density at radius 2 is 2.00 bits per heavy atom. The second kappa shape index (κ2) is 5.50. The summed E-state index contributed by atoms with van der Waals surface area (Å²) in [6.45, 7) is 6.14. The number of carbonyl (C=O) groups excluding carboxylic acids is 1. The lowest BCUT2D eigenvalue weighted by atomic mass is 9.80. The first-order valence-corrected chi connectivity index (χ1v) is 8.14. The third kappa shape index (κ3) is 2.29. The van der Waals surface area contributed by atoms with Crippen molar-refractivity contribution in [1.82, 2.24) is 9.96 Å². The van der Waals surface area contributed by atoms with Gasteiger partial charge in [-0.3, -0.25) is 14.5 Å². The maximum atomic E-state index is 12.9. The maximum Gasteiger partial charge on any atom is 0.256 e. The second-order valence-corrected chi connectivity index (χ2v) is 6.74. The Kier molecular flexibility index (Phi) is 3.65. The van der Waals surface area contributed by atoms with Gasteiger partial charge in [-0.2, -0.15) is 0 Å². The smallest absolute Gasteiger partial charge is 0.256 e. The topological polar surface area (TPSA) is 51.2 Å². The van der Waals surface area contributed by atoms with Crippen LogP contribution in [-0.4, -0.2) is 74.6 Å². The van der Waals surface area contributed by atoms with E-state index in [2.05, 4.69) is 4.90 Å². The van der Waals surface area contributed by atoms with E-state index in [1.54, 1.807) is 5.06 Å². The number of likely N-dealkylation sites (tertiary alicyclic amines) is 1. The monoisotopic (exact) mass is 296 g/mol. The van der Waals surface area contributed by atoms with Crippen molar-refractivity contribution in [2.75, 3.05) is 52.7 Å². The zero-order valence-electron chi connectivity index (χ0n) is 12.5. The lowest BCUT2D eigenvalue weighted by molar-refractivity contribution is -0.181. The Labute approximate surface area is 125 Å². The molecule has 2 atom stereocenters. The highest BCUT2D eigenvalue weighted by molar-refractivity contribution is 5.83. The Balaban J connectivity index is 1.51. The SMILES string of the molecule is O=C(N1CCCO1)[C@]12COC[C@H]1CN(C1CCOCC1)C2. The molecule has 1 amide bonds.